The van der Waals surface area contributed by atoms with Gasteiger partial charge in [0.2, 0.25) is 0 Å². The van der Waals surface area contributed by atoms with Crippen molar-refractivity contribution >= 4 is 5.69 Å². The molecule has 2 rings (SSSR count). The first kappa shape index (κ1) is 14.3. The third-order valence-corrected chi connectivity index (χ3v) is 4.21. The molecule has 0 radical (unpaired) electrons. The fourth-order valence-corrected chi connectivity index (χ4v) is 3.03. The van der Waals surface area contributed by atoms with Gasteiger partial charge in [-0.25, -0.2) is 4.39 Å². The molecule has 0 spiro atoms. The third-order valence-electron chi connectivity index (χ3n) is 4.21. The van der Waals surface area contributed by atoms with Crippen molar-refractivity contribution in [3.8, 4) is 0 Å². The van der Waals surface area contributed by atoms with Gasteiger partial charge < -0.3 is 10.0 Å². The largest absolute Gasteiger partial charge is 0.389 e. The second-order valence-corrected chi connectivity index (χ2v) is 5.54. The van der Waals surface area contributed by atoms with Crippen molar-refractivity contribution in [2.24, 2.45) is 5.92 Å². The normalized spacial score (nSPS) is 22.1. The smallest absolute Gasteiger partial charge is 0.131 e. The van der Waals surface area contributed by atoms with E-state index in [4.69, 9.17) is 0 Å². The lowest BCUT2D eigenvalue weighted by atomic mass is 9.98. The van der Waals surface area contributed by atoms with Gasteiger partial charge in [0.1, 0.15) is 5.82 Å². The molecule has 1 aliphatic rings. The van der Waals surface area contributed by atoms with Crippen LogP contribution in [0.3, 0.4) is 0 Å². The number of anilines is 1. The summed E-state index contributed by atoms with van der Waals surface area (Å²) in [5, 5.41) is 9.82. The minimum atomic E-state index is -0.763. The van der Waals surface area contributed by atoms with E-state index in [0.29, 0.717) is 5.56 Å². The van der Waals surface area contributed by atoms with Gasteiger partial charge in [0.25, 0.3) is 0 Å². The molecule has 0 aromatic heterocycles. The summed E-state index contributed by atoms with van der Waals surface area (Å²) in [5.41, 5.74) is 1.31. The highest BCUT2D eigenvalue weighted by atomic mass is 19.1. The molecule has 1 heterocycles. The lowest BCUT2D eigenvalue weighted by molar-refractivity contribution is 0.194. The Morgan fingerprint density at radius 1 is 1.37 bits per heavy atom. The van der Waals surface area contributed by atoms with Crippen LogP contribution in [0.5, 0.6) is 0 Å². The monoisotopic (exact) mass is 265 g/mol. The zero-order chi connectivity index (χ0) is 13.8. The molecule has 0 aliphatic carbocycles. The van der Waals surface area contributed by atoms with Gasteiger partial charge in [0, 0.05) is 24.3 Å². The average molecular weight is 265 g/mol. The highest BCUT2D eigenvalue weighted by Crippen LogP contribution is 2.31. The van der Waals surface area contributed by atoms with E-state index in [1.54, 1.807) is 13.0 Å². The number of rotatable bonds is 3. The van der Waals surface area contributed by atoms with Crippen LogP contribution in [0.15, 0.2) is 18.2 Å². The minimum absolute atomic E-state index is 0.302. The summed E-state index contributed by atoms with van der Waals surface area (Å²) in [5.74, 6) is 0.484. The maximum atomic E-state index is 13.9. The Morgan fingerprint density at radius 3 is 2.84 bits per heavy atom. The second-order valence-electron chi connectivity index (χ2n) is 5.54. The fourth-order valence-electron chi connectivity index (χ4n) is 3.03. The van der Waals surface area contributed by atoms with Gasteiger partial charge in [-0.1, -0.05) is 19.4 Å². The van der Waals surface area contributed by atoms with Crippen molar-refractivity contribution in [1.82, 2.24) is 0 Å². The molecule has 1 fully saturated rings. The Morgan fingerprint density at radius 2 is 2.16 bits per heavy atom. The Bertz CT molecular complexity index is 419. The van der Waals surface area contributed by atoms with Gasteiger partial charge in [-0.15, -0.1) is 0 Å². The molecule has 3 heteroatoms. The van der Waals surface area contributed by atoms with E-state index in [1.807, 2.05) is 6.07 Å². The van der Waals surface area contributed by atoms with Gasteiger partial charge in [-0.05, 0) is 44.2 Å². The van der Waals surface area contributed by atoms with Crippen LogP contribution in [0.2, 0.25) is 0 Å². The van der Waals surface area contributed by atoms with Crippen LogP contribution in [0.4, 0.5) is 10.1 Å². The predicted molar refractivity (Wildman–Crippen MR) is 76.9 cm³/mol. The summed E-state index contributed by atoms with van der Waals surface area (Å²) < 4.78 is 13.9. The first-order valence-corrected chi connectivity index (χ1v) is 7.35. The van der Waals surface area contributed by atoms with E-state index >= 15 is 0 Å². The molecule has 0 amide bonds. The quantitative estimate of drug-likeness (QED) is 0.896. The molecule has 0 saturated carbocycles. The van der Waals surface area contributed by atoms with Crippen molar-refractivity contribution in [2.75, 3.05) is 18.0 Å². The number of hydrogen-bond donors (Lipinski definition) is 1. The third kappa shape index (κ3) is 3.27. The number of benzene rings is 1. The van der Waals surface area contributed by atoms with Crippen molar-refractivity contribution in [3.05, 3.63) is 29.6 Å². The molecule has 106 valence electrons. The molecular formula is C16H24FNO. The first-order valence-electron chi connectivity index (χ1n) is 7.35. The summed E-state index contributed by atoms with van der Waals surface area (Å²) in [4.78, 5) is 2.24. The highest BCUT2D eigenvalue weighted by Gasteiger charge is 2.21. The summed E-state index contributed by atoms with van der Waals surface area (Å²) in [7, 11) is 0. The fraction of sp³-hybridized carbons (Fsp3) is 0.625. The van der Waals surface area contributed by atoms with E-state index in [2.05, 4.69) is 11.8 Å². The molecule has 2 atom stereocenters. The molecule has 0 bridgehead atoms. The average Bonchev–Trinajstić information content (AvgIpc) is 2.63. The Balaban J connectivity index is 2.24. The second kappa shape index (κ2) is 6.38. The number of nitrogens with zero attached hydrogens (tertiary/aromatic N) is 1. The lowest BCUT2D eigenvalue weighted by Crippen LogP contribution is -2.26. The van der Waals surface area contributed by atoms with E-state index in [9.17, 15) is 9.50 Å². The van der Waals surface area contributed by atoms with Crippen molar-refractivity contribution in [3.63, 3.8) is 0 Å². The minimum Gasteiger partial charge on any atom is -0.389 e. The zero-order valence-electron chi connectivity index (χ0n) is 11.9. The van der Waals surface area contributed by atoms with E-state index in [1.165, 1.54) is 18.9 Å². The SMILES string of the molecule is CCC1CCCN(c2cccc(F)c2[C@H](C)O)CC1. The summed E-state index contributed by atoms with van der Waals surface area (Å²) in [6, 6.07) is 5.09. The molecule has 1 saturated heterocycles. The Kier molecular flexibility index (Phi) is 4.81. The van der Waals surface area contributed by atoms with Gasteiger partial charge >= 0.3 is 0 Å². The molecule has 1 aliphatic heterocycles. The van der Waals surface area contributed by atoms with E-state index in [-0.39, 0.29) is 5.82 Å². The summed E-state index contributed by atoms with van der Waals surface area (Å²) >= 11 is 0. The van der Waals surface area contributed by atoms with Crippen LogP contribution < -0.4 is 4.90 Å². The van der Waals surface area contributed by atoms with Gasteiger partial charge in [-0.3, -0.25) is 0 Å². The standard InChI is InChI=1S/C16H24FNO/c1-3-13-6-5-10-18(11-9-13)15-8-4-7-14(17)16(15)12(2)19/h4,7-8,12-13,19H,3,5-6,9-11H2,1-2H3/t12-,13?/m0/s1. The van der Waals surface area contributed by atoms with Crippen molar-refractivity contribution in [1.29, 1.82) is 0 Å². The number of halogens is 1. The van der Waals surface area contributed by atoms with Crippen LogP contribution in [-0.2, 0) is 0 Å². The van der Waals surface area contributed by atoms with Gasteiger partial charge in [0.15, 0.2) is 0 Å². The van der Waals surface area contributed by atoms with Gasteiger partial charge in [0.05, 0.1) is 6.10 Å². The molecule has 1 N–H and O–H groups in total. The highest BCUT2D eigenvalue weighted by molar-refractivity contribution is 5.55. The zero-order valence-corrected chi connectivity index (χ0v) is 11.9. The first-order chi connectivity index (χ1) is 9.13. The predicted octanol–water partition coefficient (Wildman–Crippen LogP) is 3.90. The molecule has 1 unspecified atom stereocenters. The van der Waals surface area contributed by atoms with Crippen LogP contribution in [0.25, 0.3) is 0 Å². The lowest BCUT2D eigenvalue weighted by Gasteiger charge is -2.26. The van der Waals surface area contributed by atoms with Crippen molar-refractivity contribution < 1.29 is 9.50 Å². The number of hydrogen-bond acceptors (Lipinski definition) is 2. The van der Waals surface area contributed by atoms with Crippen LogP contribution in [0, 0.1) is 11.7 Å². The summed E-state index contributed by atoms with van der Waals surface area (Å²) in [6.07, 6.45) is 4.02. The molecule has 1 aromatic carbocycles. The van der Waals surface area contributed by atoms with E-state index < -0.39 is 6.10 Å². The maximum Gasteiger partial charge on any atom is 0.131 e. The molecule has 1 aromatic rings. The van der Waals surface area contributed by atoms with Crippen molar-refractivity contribution in [2.45, 2.75) is 45.6 Å². The van der Waals surface area contributed by atoms with Crippen LogP contribution in [0.1, 0.15) is 51.2 Å². The molecular weight excluding hydrogens is 241 g/mol. The molecule has 19 heavy (non-hydrogen) atoms. The topological polar surface area (TPSA) is 23.5 Å². The van der Waals surface area contributed by atoms with Crippen LogP contribution in [-0.4, -0.2) is 18.2 Å². The molecule has 2 nitrogen and oxygen atoms in total. The van der Waals surface area contributed by atoms with E-state index in [0.717, 1.165) is 37.5 Å². The number of aliphatic hydroxyl groups excluding tert-OH is 1. The number of aliphatic hydroxyl groups is 1. The summed E-state index contributed by atoms with van der Waals surface area (Å²) in [6.45, 7) is 5.79. The Hall–Kier alpha value is -1.09. The Labute approximate surface area is 115 Å². The van der Waals surface area contributed by atoms with Crippen LogP contribution >= 0.6 is 0 Å². The maximum absolute atomic E-state index is 13.9. The van der Waals surface area contributed by atoms with Gasteiger partial charge in [-0.2, -0.15) is 0 Å².